The van der Waals surface area contributed by atoms with Gasteiger partial charge in [-0.15, -0.1) is 0 Å². The van der Waals surface area contributed by atoms with Gasteiger partial charge < -0.3 is 18.9 Å². The molecule has 0 heterocycles. The molecule has 130 valence electrons. The Bertz CT molecular complexity index is 305. The fourth-order valence-corrected chi connectivity index (χ4v) is 1.75. The van der Waals surface area contributed by atoms with E-state index in [0.29, 0.717) is 39.3 Å². The average molecular weight is 318 g/mol. The van der Waals surface area contributed by atoms with E-state index < -0.39 is 24.1 Å². The number of esters is 2. The summed E-state index contributed by atoms with van der Waals surface area (Å²) in [5.74, 6) is -2.02. The molecule has 0 aliphatic rings. The summed E-state index contributed by atoms with van der Waals surface area (Å²) in [6.07, 6.45) is 1.80. The second-order valence-electron chi connectivity index (χ2n) is 4.79. The average Bonchev–Trinajstić information content (AvgIpc) is 2.48. The summed E-state index contributed by atoms with van der Waals surface area (Å²) in [5, 5.41) is 0. The number of carbonyl (C=O) groups is 2. The first-order chi connectivity index (χ1) is 10.6. The van der Waals surface area contributed by atoms with E-state index in [9.17, 15) is 9.59 Å². The molecule has 6 heteroatoms. The predicted octanol–water partition coefficient (Wildman–Crippen LogP) is 2.69. The molecule has 0 fully saturated rings. The minimum Gasteiger partial charge on any atom is -0.465 e. The summed E-state index contributed by atoms with van der Waals surface area (Å²) in [6, 6.07) is 0. The highest BCUT2D eigenvalue weighted by Crippen LogP contribution is 2.12. The molecule has 0 aromatic carbocycles. The molecular formula is C16H30O6. The van der Waals surface area contributed by atoms with E-state index in [2.05, 4.69) is 0 Å². The Hall–Kier alpha value is -1.14. The van der Waals surface area contributed by atoms with Gasteiger partial charge in [0, 0.05) is 19.6 Å². The minimum absolute atomic E-state index is 0.332. The number of rotatable bonds is 13. The van der Waals surface area contributed by atoms with Crippen molar-refractivity contribution in [2.24, 2.45) is 5.92 Å². The van der Waals surface area contributed by atoms with Crippen molar-refractivity contribution in [1.29, 1.82) is 0 Å². The monoisotopic (exact) mass is 318 g/mol. The van der Waals surface area contributed by atoms with Gasteiger partial charge in [-0.2, -0.15) is 0 Å². The van der Waals surface area contributed by atoms with Crippen LogP contribution in [0.5, 0.6) is 0 Å². The van der Waals surface area contributed by atoms with Crippen molar-refractivity contribution in [2.75, 3.05) is 26.4 Å². The second kappa shape index (κ2) is 13.5. The smallest absolute Gasteiger partial charge is 0.322 e. The fraction of sp³-hybridized carbons (Fsp3) is 0.875. The van der Waals surface area contributed by atoms with Gasteiger partial charge in [-0.05, 0) is 26.7 Å². The summed E-state index contributed by atoms with van der Waals surface area (Å²) in [6.45, 7) is 9.24. The van der Waals surface area contributed by atoms with Crippen LogP contribution in [0.2, 0.25) is 0 Å². The van der Waals surface area contributed by atoms with Crippen molar-refractivity contribution in [3.8, 4) is 0 Å². The molecule has 0 aromatic heterocycles. The van der Waals surface area contributed by atoms with Gasteiger partial charge >= 0.3 is 11.9 Å². The Morgan fingerprint density at radius 2 is 1.68 bits per heavy atom. The third kappa shape index (κ3) is 9.00. The third-order valence-electron chi connectivity index (χ3n) is 3.02. The Labute approximate surface area is 133 Å². The van der Waals surface area contributed by atoms with Crippen molar-refractivity contribution in [2.45, 2.75) is 59.7 Å². The molecule has 0 aliphatic carbocycles. The number of unbranched alkanes of at least 4 members (excludes halogenated alkanes) is 1. The molecule has 0 amide bonds. The van der Waals surface area contributed by atoms with Gasteiger partial charge in [-0.3, -0.25) is 9.59 Å². The first-order valence-electron chi connectivity index (χ1n) is 8.16. The van der Waals surface area contributed by atoms with Gasteiger partial charge in [0.25, 0.3) is 0 Å². The number of hydrogen-bond donors (Lipinski definition) is 0. The molecule has 0 N–H and O–H groups in total. The molecule has 2 unspecified atom stereocenters. The van der Waals surface area contributed by atoms with Crippen LogP contribution in [-0.2, 0) is 28.5 Å². The zero-order valence-electron chi connectivity index (χ0n) is 14.3. The second-order valence-corrected chi connectivity index (χ2v) is 4.79. The van der Waals surface area contributed by atoms with Crippen molar-refractivity contribution < 1.29 is 28.5 Å². The molecule has 0 radical (unpaired) electrons. The maximum absolute atomic E-state index is 12.1. The summed E-state index contributed by atoms with van der Waals surface area (Å²) in [5.41, 5.74) is 0. The summed E-state index contributed by atoms with van der Waals surface area (Å²) in [4.78, 5) is 24.0. The number of hydrogen-bond acceptors (Lipinski definition) is 6. The van der Waals surface area contributed by atoms with Crippen LogP contribution >= 0.6 is 0 Å². The lowest BCUT2D eigenvalue weighted by molar-refractivity contribution is -0.189. The number of ether oxygens (including phenoxy) is 4. The van der Waals surface area contributed by atoms with Crippen molar-refractivity contribution in [3.63, 3.8) is 0 Å². The maximum Gasteiger partial charge on any atom is 0.322 e. The van der Waals surface area contributed by atoms with E-state index in [4.69, 9.17) is 18.9 Å². The lowest BCUT2D eigenvalue weighted by Gasteiger charge is -2.20. The standard InChI is InChI=1S/C16H30O6/c1-5-9-11-21-15(17)13(6-2)16(18)22-14(20-8-4)10-12-19-7-3/h13-14H,5-12H2,1-4H3. The first kappa shape index (κ1) is 20.9. The van der Waals surface area contributed by atoms with Gasteiger partial charge in [-0.25, -0.2) is 0 Å². The Kier molecular flexibility index (Phi) is 12.8. The highest BCUT2D eigenvalue weighted by atomic mass is 16.7. The van der Waals surface area contributed by atoms with Crippen LogP contribution in [0.1, 0.15) is 53.4 Å². The normalized spacial score (nSPS) is 13.5. The summed E-state index contributed by atoms with van der Waals surface area (Å²) in [7, 11) is 0. The van der Waals surface area contributed by atoms with Crippen LogP contribution in [0.3, 0.4) is 0 Å². The Balaban J connectivity index is 4.41. The molecular weight excluding hydrogens is 288 g/mol. The Morgan fingerprint density at radius 3 is 2.23 bits per heavy atom. The third-order valence-corrected chi connectivity index (χ3v) is 3.02. The zero-order valence-corrected chi connectivity index (χ0v) is 14.3. The predicted molar refractivity (Wildman–Crippen MR) is 82.3 cm³/mol. The van der Waals surface area contributed by atoms with Gasteiger partial charge in [0.05, 0.1) is 13.2 Å². The van der Waals surface area contributed by atoms with Crippen LogP contribution in [0.15, 0.2) is 0 Å². The summed E-state index contributed by atoms with van der Waals surface area (Å²) < 4.78 is 21.0. The van der Waals surface area contributed by atoms with E-state index in [-0.39, 0.29) is 0 Å². The Morgan fingerprint density at radius 1 is 0.955 bits per heavy atom. The van der Waals surface area contributed by atoms with Crippen molar-refractivity contribution in [1.82, 2.24) is 0 Å². The highest BCUT2D eigenvalue weighted by molar-refractivity contribution is 5.94. The molecule has 0 saturated carbocycles. The van der Waals surface area contributed by atoms with E-state index >= 15 is 0 Å². The maximum atomic E-state index is 12.1. The molecule has 0 bridgehead atoms. The minimum atomic E-state index is -0.896. The zero-order chi connectivity index (χ0) is 16.8. The molecule has 6 nitrogen and oxygen atoms in total. The van der Waals surface area contributed by atoms with Crippen LogP contribution in [-0.4, -0.2) is 44.7 Å². The van der Waals surface area contributed by atoms with Gasteiger partial charge in [0.2, 0.25) is 6.29 Å². The van der Waals surface area contributed by atoms with Crippen LogP contribution in [0.25, 0.3) is 0 Å². The fourth-order valence-electron chi connectivity index (χ4n) is 1.75. The van der Waals surface area contributed by atoms with E-state index in [0.717, 1.165) is 12.8 Å². The van der Waals surface area contributed by atoms with Crippen LogP contribution < -0.4 is 0 Å². The van der Waals surface area contributed by atoms with Gasteiger partial charge in [-0.1, -0.05) is 20.3 Å². The molecule has 0 aliphatic heterocycles. The molecule has 22 heavy (non-hydrogen) atoms. The molecule has 2 atom stereocenters. The van der Waals surface area contributed by atoms with Crippen molar-refractivity contribution >= 4 is 11.9 Å². The van der Waals surface area contributed by atoms with Gasteiger partial charge in [0.1, 0.15) is 0 Å². The lowest BCUT2D eigenvalue weighted by Crippen LogP contribution is -2.32. The SMILES string of the molecule is CCCCOC(=O)C(CC)C(=O)OC(CCOCC)OCC. The van der Waals surface area contributed by atoms with E-state index in [1.165, 1.54) is 0 Å². The lowest BCUT2D eigenvalue weighted by atomic mass is 10.1. The highest BCUT2D eigenvalue weighted by Gasteiger charge is 2.30. The molecule has 0 spiro atoms. The topological polar surface area (TPSA) is 71.1 Å². The van der Waals surface area contributed by atoms with Crippen molar-refractivity contribution in [3.05, 3.63) is 0 Å². The molecule has 0 aromatic rings. The quantitative estimate of drug-likeness (QED) is 0.225. The molecule has 0 saturated heterocycles. The van der Waals surface area contributed by atoms with E-state index in [1.807, 2.05) is 20.8 Å². The van der Waals surface area contributed by atoms with Gasteiger partial charge in [0.15, 0.2) is 5.92 Å². The van der Waals surface area contributed by atoms with Crippen LogP contribution in [0, 0.1) is 5.92 Å². The van der Waals surface area contributed by atoms with E-state index in [1.54, 1.807) is 6.92 Å². The summed E-state index contributed by atoms with van der Waals surface area (Å²) >= 11 is 0. The molecule has 0 rings (SSSR count). The largest absolute Gasteiger partial charge is 0.465 e. The number of carbonyl (C=O) groups excluding carboxylic acids is 2. The first-order valence-corrected chi connectivity index (χ1v) is 8.16. The van der Waals surface area contributed by atoms with Crippen LogP contribution in [0.4, 0.5) is 0 Å².